The smallest absolute Gasteiger partial charge is 0.320 e. The van der Waals surface area contributed by atoms with Crippen LogP contribution in [0.5, 0.6) is 0 Å². The maximum absolute atomic E-state index is 11.9. The van der Waals surface area contributed by atoms with E-state index in [9.17, 15) is 4.79 Å². The topological polar surface area (TPSA) is 59.0 Å². The molecular weight excluding hydrogens is 288 g/mol. The number of aromatic nitrogens is 2. The van der Waals surface area contributed by atoms with Crippen LogP contribution in [0.3, 0.4) is 0 Å². The van der Waals surface area contributed by atoms with E-state index in [0.717, 1.165) is 12.1 Å². The molecule has 0 radical (unpaired) electrons. The van der Waals surface area contributed by atoms with Crippen LogP contribution >= 0.6 is 0 Å². The minimum atomic E-state index is -0.209. The highest BCUT2D eigenvalue weighted by atomic mass is 16.2. The summed E-state index contributed by atoms with van der Waals surface area (Å²) in [6, 6.07) is 11.4. The fourth-order valence-electron chi connectivity index (χ4n) is 2.74. The number of carbonyl (C=O) groups is 1. The minimum Gasteiger partial charge on any atom is -0.338 e. The highest BCUT2D eigenvalue weighted by Gasteiger charge is 2.07. The second-order valence-corrected chi connectivity index (χ2v) is 5.72. The van der Waals surface area contributed by atoms with Gasteiger partial charge in [-0.25, -0.2) is 9.48 Å². The summed E-state index contributed by atoms with van der Waals surface area (Å²) in [6.45, 7) is 0.664. The van der Waals surface area contributed by atoms with Crippen LogP contribution in [0, 0.1) is 0 Å². The number of hydrogen-bond donors (Lipinski definition) is 2. The van der Waals surface area contributed by atoms with Gasteiger partial charge in [-0.3, -0.25) is 5.32 Å². The Morgan fingerprint density at radius 3 is 2.83 bits per heavy atom. The van der Waals surface area contributed by atoms with Gasteiger partial charge in [0.25, 0.3) is 0 Å². The molecule has 2 N–H and O–H groups in total. The summed E-state index contributed by atoms with van der Waals surface area (Å²) >= 11 is 0. The average molecular weight is 310 g/mol. The van der Waals surface area contributed by atoms with Crippen LogP contribution in [0.15, 0.2) is 54.2 Å². The molecule has 1 heterocycles. The highest BCUT2D eigenvalue weighted by Crippen LogP contribution is 2.19. The molecule has 1 aliphatic carbocycles. The third-order valence-corrected chi connectivity index (χ3v) is 3.97. The summed E-state index contributed by atoms with van der Waals surface area (Å²) in [6.07, 6.45) is 9.99. The van der Waals surface area contributed by atoms with Crippen molar-refractivity contribution in [2.24, 2.45) is 0 Å². The number of urea groups is 1. The zero-order chi connectivity index (χ0) is 15.9. The van der Waals surface area contributed by atoms with Crippen LogP contribution in [0.4, 0.5) is 10.6 Å². The van der Waals surface area contributed by atoms with E-state index < -0.39 is 0 Å². The number of amides is 2. The fourth-order valence-corrected chi connectivity index (χ4v) is 2.74. The molecule has 0 unspecified atom stereocenters. The van der Waals surface area contributed by atoms with Gasteiger partial charge in [0.1, 0.15) is 0 Å². The molecule has 0 spiro atoms. The monoisotopic (exact) mass is 310 g/mol. The van der Waals surface area contributed by atoms with Crippen LogP contribution in [-0.4, -0.2) is 22.4 Å². The van der Waals surface area contributed by atoms with Gasteiger partial charge in [-0.2, -0.15) is 0 Å². The zero-order valence-electron chi connectivity index (χ0n) is 13.2. The van der Waals surface area contributed by atoms with Crippen molar-refractivity contribution in [1.82, 2.24) is 15.1 Å². The average Bonchev–Trinajstić information content (AvgIpc) is 3.05. The summed E-state index contributed by atoms with van der Waals surface area (Å²) < 4.78 is 1.74. The molecule has 0 saturated carbocycles. The van der Waals surface area contributed by atoms with Gasteiger partial charge in [0.2, 0.25) is 0 Å². The van der Waals surface area contributed by atoms with Crippen LogP contribution in [0.25, 0.3) is 5.69 Å². The van der Waals surface area contributed by atoms with Gasteiger partial charge in [-0.15, -0.1) is 5.10 Å². The van der Waals surface area contributed by atoms with Crippen LogP contribution in [0.1, 0.15) is 32.1 Å². The van der Waals surface area contributed by atoms with E-state index in [2.05, 4.69) is 21.8 Å². The Kier molecular flexibility index (Phi) is 5.09. The number of carbonyl (C=O) groups excluding carboxylic acids is 1. The van der Waals surface area contributed by atoms with Crippen molar-refractivity contribution in [3.8, 4) is 5.69 Å². The third-order valence-electron chi connectivity index (χ3n) is 3.97. The largest absolute Gasteiger partial charge is 0.338 e. The van der Waals surface area contributed by atoms with E-state index in [-0.39, 0.29) is 6.03 Å². The molecular formula is C18H22N4O. The summed E-state index contributed by atoms with van der Waals surface area (Å²) in [5.41, 5.74) is 2.43. The Morgan fingerprint density at radius 1 is 1.17 bits per heavy atom. The molecule has 0 aliphatic heterocycles. The molecule has 120 valence electrons. The molecule has 2 aromatic rings. The molecule has 1 aromatic heterocycles. The molecule has 1 aliphatic rings. The lowest BCUT2D eigenvalue weighted by atomic mass is 9.97. The number of nitrogens with one attached hydrogen (secondary N) is 2. The predicted octanol–water partition coefficient (Wildman–Crippen LogP) is 3.88. The summed E-state index contributed by atoms with van der Waals surface area (Å²) in [5, 5.41) is 10.0. The Hall–Kier alpha value is -2.56. The van der Waals surface area contributed by atoms with Gasteiger partial charge in [0.05, 0.1) is 5.69 Å². The zero-order valence-corrected chi connectivity index (χ0v) is 13.2. The van der Waals surface area contributed by atoms with Gasteiger partial charge >= 0.3 is 6.03 Å². The minimum absolute atomic E-state index is 0.209. The van der Waals surface area contributed by atoms with Crippen LogP contribution < -0.4 is 10.6 Å². The van der Waals surface area contributed by atoms with Gasteiger partial charge in [0.15, 0.2) is 5.82 Å². The number of anilines is 1. The van der Waals surface area contributed by atoms with Crippen LogP contribution in [0.2, 0.25) is 0 Å². The van der Waals surface area contributed by atoms with E-state index in [0.29, 0.717) is 12.4 Å². The van der Waals surface area contributed by atoms with Gasteiger partial charge < -0.3 is 5.32 Å². The van der Waals surface area contributed by atoms with Crippen molar-refractivity contribution in [3.63, 3.8) is 0 Å². The number of allylic oxidation sites excluding steroid dienone is 1. The Morgan fingerprint density at radius 2 is 2.04 bits per heavy atom. The lowest BCUT2D eigenvalue weighted by Gasteiger charge is -2.12. The number of benzene rings is 1. The molecule has 3 rings (SSSR count). The summed E-state index contributed by atoms with van der Waals surface area (Å²) in [4.78, 5) is 11.9. The molecule has 0 saturated heterocycles. The SMILES string of the molecule is O=C(NCCC1=CCCCC1)Nc1ccn(-c2ccccc2)n1. The normalized spacial score (nSPS) is 14.2. The first-order chi connectivity index (χ1) is 11.3. The standard InChI is InChI=1S/C18H22N4O/c23-18(19-13-11-15-7-3-1-4-8-15)20-17-12-14-22(21-17)16-9-5-2-6-10-16/h2,5-7,9-10,12,14H,1,3-4,8,11,13H2,(H2,19,20,21,23). The third kappa shape index (κ3) is 4.45. The predicted molar refractivity (Wildman–Crippen MR) is 91.8 cm³/mol. The molecule has 1 aromatic carbocycles. The van der Waals surface area contributed by atoms with Crippen molar-refractivity contribution in [3.05, 3.63) is 54.2 Å². The van der Waals surface area contributed by atoms with Crippen molar-refractivity contribution < 1.29 is 4.79 Å². The Balaban J connectivity index is 1.46. The lowest BCUT2D eigenvalue weighted by Crippen LogP contribution is -2.30. The van der Waals surface area contributed by atoms with Crippen molar-refractivity contribution in [2.45, 2.75) is 32.1 Å². The fraction of sp³-hybridized carbons (Fsp3) is 0.333. The van der Waals surface area contributed by atoms with Crippen molar-refractivity contribution in [1.29, 1.82) is 0 Å². The van der Waals surface area contributed by atoms with E-state index >= 15 is 0 Å². The summed E-state index contributed by atoms with van der Waals surface area (Å²) in [7, 11) is 0. The maximum Gasteiger partial charge on any atom is 0.320 e. The molecule has 5 nitrogen and oxygen atoms in total. The van der Waals surface area contributed by atoms with Crippen molar-refractivity contribution in [2.75, 3.05) is 11.9 Å². The number of para-hydroxylation sites is 1. The molecule has 5 heteroatoms. The number of rotatable bonds is 5. The molecule has 2 amide bonds. The first kappa shape index (κ1) is 15.3. The molecule has 0 atom stereocenters. The van der Waals surface area contributed by atoms with Gasteiger partial charge in [-0.05, 0) is 44.2 Å². The number of hydrogen-bond acceptors (Lipinski definition) is 2. The lowest BCUT2D eigenvalue weighted by molar-refractivity contribution is 0.252. The van der Waals surface area contributed by atoms with E-state index in [1.165, 1.54) is 31.3 Å². The quantitative estimate of drug-likeness (QED) is 0.823. The Labute approximate surface area is 136 Å². The van der Waals surface area contributed by atoms with Gasteiger partial charge in [0, 0.05) is 18.8 Å². The second kappa shape index (κ2) is 7.63. The summed E-state index contributed by atoms with van der Waals surface area (Å²) in [5.74, 6) is 0.545. The van der Waals surface area contributed by atoms with Crippen molar-refractivity contribution >= 4 is 11.8 Å². The van der Waals surface area contributed by atoms with Crippen LogP contribution in [-0.2, 0) is 0 Å². The number of nitrogens with zero attached hydrogens (tertiary/aromatic N) is 2. The van der Waals surface area contributed by atoms with E-state index in [4.69, 9.17) is 0 Å². The first-order valence-electron chi connectivity index (χ1n) is 8.15. The van der Waals surface area contributed by atoms with E-state index in [1.54, 1.807) is 10.7 Å². The maximum atomic E-state index is 11.9. The second-order valence-electron chi connectivity index (χ2n) is 5.72. The molecule has 0 fully saturated rings. The highest BCUT2D eigenvalue weighted by molar-refractivity contribution is 5.88. The molecule has 23 heavy (non-hydrogen) atoms. The Bertz CT molecular complexity index is 675. The van der Waals surface area contributed by atoms with E-state index in [1.807, 2.05) is 36.5 Å². The van der Waals surface area contributed by atoms with Gasteiger partial charge in [-0.1, -0.05) is 29.8 Å². The first-order valence-corrected chi connectivity index (χ1v) is 8.15. The molecule has 0 bridgehead atoms.